The van der Waals surface area contributed by atoms with Gasteiger partial charge in [0.05, 0.1) is 0 Å². The lowest BCUT2D eigenvalue weighted by Gasteiger charge is -2.31. The van der Waals surface area contributed by atoms with Gasteiger partial charge >= 0.3 is 0 Å². The third kappa shape index (κ3) is 5.31. The lowest BCUT2D eigenvalue weighted by Crippen LogP contribution is -2.44. The smallest absolute Gasteiger partial charge is 0.0240 e. The van der Waals surface area contributed by atoms with Gasteiger partial charge in [0.15, 0.2) is 0 Å². The Bertz CT molecular complexity index is 176. The Balaban J connectivity index is 2.22. The molecule has 0 aromatic carbocycles. The molecule has 0 aromatic heterocycles. The van der Waals surface area contributed by atoms with E-state index in [9.17, 15) is 0 Å². The molecule has 1 atom stereocenters. The fraction of sp³-hybridized carbons (Fsp3) is 1.00. The molecule has 1 aliphatic rings. The van der Waals surface area contributed by atoms with E-state index in [0.29, 0.717) is 6.04 Å². The first kappa shape index (κ1) is 14.0. The Hall–Kier alpha value is -0.0800. The van der Waals surface area contributed by atoms with E-state index in [1.54, 1.807) is 0 Å². The largest absolute Gasteiger partial charge is 0.312 e. The van der Waals surface area contributed by atoms with Gasteiger partial charge in [-0.25, -0.2) is 0 Å². The normalized spacial score (nSPS) is 18.4. The highest BCUT2D eigenvalue weighted by Crippen LogP contribution is 2.19. The molecule has 1 aliphatic carbocycles. The summed E-state index contributed by atoms with van der Waals surface area (Å²) in [6.45, 7) is 9.38. The van der Waals surface area contributed by atoms with Gasteiger partial charge in [-0.15, -0.1) is 0 Å². The molecular weight excluding hydrogens is 196 g/mol. The highest BCUT2D eigenvalue weighted by Gasteiger charge is 2.24. The molecule has 0 bridgehead atoms. The standard InChI is InChI=1S/C14H30N2/c1-5-6-7-10-16(4)14(12(2)3)11-15-13-8-9-13/h12-15H,5-11H2,1-4H3. The van der Waals surface area contributed by atoms with E-state index in [1.165, 1.54) is 45.2 Å². The van der Waals surface area contributed by atoms with Gasteiger partial charge in [-0.3, -0.25) is 0 Å². The number of nitrogens with one attached hydrogen (secondary N) is 1. The van der Waals surface area contributed by atoms with E-state index in [0.717, 1.165) is 12.0 Å². The average molecular weight is 226 g/mol. The van der Waals surface area contributed by atoms with Gasteiger partial charge in [-0.05, 0) is 38.8 Å². The Labute approximate surface area is 102 Å². The number of unbranched alkanes of at least 4 members (excludes halogenated alkanes) is 2. The van der Waals surface area contributed by atoms with Crippen LogP contribution < -0.4 is 5.32 Å². The predicted octanol–water partition coefficient (Wildman–Crippen LogP) is 2.89. The summed E-state index contributed by atoms with van der Waals surface area (Å²) in [4.78, 5) is 2.55. The monoisotopic (exact) mass is 226 g/mol. The number of hydrogen-bond acceptors (Lipinski definition) is 2. The maximum atomic E-state index is 3.67. The van der Waals surface area contributed by atoms with Crippen molar-refractivity contribution in [3.63, 3.8) is 0 Å². The van der Waals surface area contributed by atoms with Crippen LogP contribution in [0.25, 0.3) is 0 Å². The van der Waals surface area contributed by atoms with Crippen molar-refractivity contribution in [2.75, 3.05) is 20.1 Å². The van der Waals surface area contributed by atoms with Gasteiger partial charge in [0.1, 0.15) is 0 Å². The van der Waals surface area contributed by atoms with Crippen LogP contribution in [0.2, 0.25) is 0 Å². The van der Waals surface area contributed by atoms with Gasteiger partial charge in [-0.2, -0.15) is 0 Å². The molecule has 0 heterocycles. The zero-order chi connectivity index (χ0) is 12.0. The van der Waals surface area contributed by atoms with Crippen LogP contribution in [0.15, 0.2) is 0 Å². The van der Waals surface area contributed by atoms with Crippen LogP contribution in [0.1, 0.15) is 52.9 Å². The molecule has 1 rings (SSSR count). The summed E-state index contributed by atoms with van der Waals surface area (Å²) in [5, 5.41) is 3.67. The minimum Gasteiger partial charge on any atom is -0.312 e. The zero-order valence-electron chi connectivity index (χ0n) is 11.6. The molecule has 0 aliphatic heterocycles. The maximum Gasteiger partial charge on any atom is 0.0240 e. The second kappa shape index (κ2) is 7.29. The molecule has 1 saturated carbocycles. The van der Waals surface area contributed by atoms with Gasteiger partial charge < -0.3 is 10.2 Å². The van der Waals surface area contributed by atoms with E-state index < -0.39 is 0 Å². The molecule has 0 radical (unpaired) electrons. The van der Waals surface area contributed by atoms with Crippen molar-refractivity contribution >= 4 is 0 Å². The Morgan fingerprint density at radius 2 is 1.94 bits per heavy atom. The van der Waals surface area contributed by atoms with Crippen LogP contribution in [0.3, 0.4) is 0 Å². The molecule has 1 N–H and O–H groups in total. The number of nitrogens with zero attached hydrogens (tertiary/aromatic N) is 1. The minimum absolute atomic E-state index is 0.706. The predicted molar refractivity (Wildman–Crippen MR) is 71.8 cm³/mol. The molecule has 0 amide bonds. The SMILES string of the molecule is CCCCCN(C)C(CNC1CC1)C(C)C. The van der Waals surface area contributed by atoms with Crippen LogP contribution in [0.5, 0.6) is 0 Å². The summed E-state index contributed by atoms with van der Waals surface area (Å²) >= 11 is 0. The molecule has 2 heteroatoms. The van der Waals surface area contributed by atoms with E-state index in [-0.39, 0.29) is 0 Å². The molecule has 0 aromatic rings. The average Bonchev–Trinajstić information content (AvgIpc) is 3.02. The van der Waals surface area contributed by atoms with Gasteiger partial charge in [0.25, 0.3) is 0 Å². The van der Waals surface area contributed by atoms with Crippen molar-refractivity contribution in [1.82, 2.24) is 10.2 Å². The first-order valence-corrected chi connectivity index (χ1v) is 7.08. The molecule has 0 spiro atoms. The molecule has 96 valence electrons. The third-order valence-corrected chi connectivity index (χ3v) is 3.64. The van der Waals surface area contributed by atoms with Crippen molar-refractivity contribution in [2.45, 2.75) is 65.0 Å². The minimum atomic E-state index is 0.706. The fourth-order valence-electron chi connectivity index (χ4n) is 2.25. The Kier molecular flexibility index (Phi) is 6.37. The highest BCUT2D eigenvalue weighted by atomic mass is 15.2. The van der Waals surface area contributed by atoms with E-state index in [4.69, 9.17) is 0 Å². The summed E-state index contributed by atoms with van der Waals surface area (Å²) in [6.07, 6.45) is 6.82. The Morgan fingerprint density at radius 1 is 1.25 bits per heavy atom. The quantitative estimate of drug-likeness (QED) is 0.608. The lowest BCUT2D eigenvalue weighted by atomic mass is 10.0. The van der Waals surface area contributed by atoms with Crippen molar-refractivity contribution in [2.24, 2.45) is 5.92 Å². The lowest BCUT2D eigenvalue weighted by molar-refractivity contribution is 0.183. The molecule has 16 heavy (non-hydrogen) atoms. The first-order chi connectivity index (χ1) is 7.65. The molecule has 0 saturated heterocycles. The topological polar surface area (TPSA) is 15.3 Å². The maximum absolute atomic E-state index is 3.67. The summed E-state index contributed by atoms with van der Waals surface area (Å²) in [6, 6.07) is 1.54. The van der Waals surface area contributed by atoms with Crippen molar-refractivity contribution in [1.29, 1.82) is 0 Å². The third-order valence-electron chi connectivity index (χ3n) is 3.64. The summed E-state index contributed by atoms with van der Waals surface area (Å²) in [5.41, 5.74) is 0. The number of rotatable bonds is 9. The number of likely N-dealkylation sites (N-methyl/N-ethyl adjacent to an activating group) is 1. The molecule has 2 nitrogen and oxygen atoms in total. The molecule has 1 fully saturated rings. The molecule has 1 unspecified atom stereocenters. The van der Waals surface area contributed by atoms with Crippen LogP contribution in [0.4, 0.5) is 0 Å². The highest BCUT2D eigenvalue weighted by molar-refractivity contribution is 4.84. The molecular formula is C14H30N2. The Morgan fingerprint density at radius 3 is 2.44 bits per heavy atom. The van der Waals surface area contributed by atoms with E-state index in [2.05, 4.69) is 38.0 Å². The van der Waals surface area contributed by atoms with Gasteiger partial charge in [0, 0.05) is 18.6 Å². The van der Waals surface area contributed by atoms with Crippen LogP contribution in [-0.4, -0.2) is 37.1 Å². The van der Waals surface area contributed by atoms with Gasteiger partial charge in [-0.1, -0.05) is 33.6 Å². The first-order valence-electron chi connectivity index (χ1n) is 7.08. The zero-order valence-corrected chi connectivity index (χ0v) is 11.6. The number of hydrogen-bond donors (Lipinski definition) is 1. The fourth-order valence-corrected chi connectivity index (χ4v) is 2.25. The van der Waals surface area contributed by atoms with Crippen LogP contribution in [-0.2, 0) is 0 Å². The van der Waals surface area contributed by atoms with Crippen molar-refractivity contribution < 1.29 is 0 Å². The van der Waals surface area contributed by atoms with Gasteiger partial charge in [0.2, 0.25) is 0 Å². The van der Waals surface area contributed by atoms with E-state index >= 15 is 0 Å². The summed E-state index contributed by atoms with van der Waals surface area (Å²) in [7, 11) is 2.29. The van der Waals surface area contributed by atoms with E-state index in [1.807, 2.05) is 0 Å². The summed E-state index contributed by atoms with van der Waals surface area (Å²) in [5.74, 6) is 0.748. The van der Waals surface area contributed by atoms with Crippen molar-refractivity contribution in [3.8, 4) is 0 Å². The second-order valence-electron chi connectivity index (χ2n) is 5.68. The summed E-state index contributed by atoms with van der Waals surface area (Å²) < 4.78 is 0. The second-order valence-corrected chi connectivity index (χ2v) is 5.68. The van der Waals surface area contributed by atoms with Crippen LogP contribution >= 0.6 is 0 Å². The van der Waals surface area contributed by atoms with Crippen molar-refractivity contribution in [3.05, 3.63) is 0 Å². The van der Waals surface area contributed by atoms with Crippen LogP contribution in [0, 0.1) is 5.92 Å².